The van der Waals surface area contributed by atoms with Crippen LogP contribution in [0, 0.1) is 17.8 Å². The molecule has 0 aromatic heterocycles. The lowest BCUT2D eigenvalue weighted by Gasteiger charge is -2.43. The van der Waals surface area contributed by atoms with E-state index in [0.29, 0.717) is 17.9 Å². The molecule has 0 unspecified atom stereocenters. The van der Waals surface area contributed by atoms with Crippen molar-refractivity contribution in [2.75, 3.05) is 18.4 Å². The Morgan fingerprint density at radius 2 is 1.75 bits per heavy atom. The van der Waals surface area contributed by atoms with Crippen molar-refractivity contribution in [1.82, 2.24) is 4.90 Å². The Bertz CT molecular complexity index is 902. The Kier molecular flexibility index (Phi) is 3.78. The van der Waals surface area contributed by atoms with Gasteiger partial charge in [0.15, 0.2) is 0 Å². The van der Waals surface area contributed by atoms with Crippen LogP contribution in [0.2, 0.25) is 0 Å². The Balaban J connectivity index is 1.41. The van der Waals surface area contributed by atoms with Crippen molar-refractivity contribution >= 4 is 11.6 Å². The molecule has 3 heteroatoms. The number of nitrogens with zero attached hydrogens (tertiary/aromatic N) is 1. The molecule has 2 aliphatic heterocycles. The molecule has 1 N–H and O–H groups in total. The third-order valence-corrected chi connectivity index (χ3v) is 7.89. The molecule has 2 saturated carbocycles. The third kappa shape index (κ3) is 2.45. The van der Waals surface area contributed by atoms with E-state index in [1.165, 1.54) is 36.1 Å². The number of rotatable bonds is 2. The summed E-state index contributed by atoms with van der Waals surface area (Å²) in [7, 11) is 0. The molecule has 5 atom stereocenters. The maximum atomic E-state index is 13.0. The molecule has 1 amide bonds. The van der Waals surface area contributed by atoms with Gasteiger partial charge < -0.3 is 10.2 Å². The van der Waals surface area contributed by atoms with Gasteiger partial charge in [-0.25, -0.2) is 0 Å². The van der Waals surface area contributed by atoms with E-state index in [2.05, 4.69) is 47.8 Å². The Labute approximate surface area is 167 Å². The molecule has 2 aliphatic carbocycles. The number of hydrogen-bond donors (Lipinski definition) is 1. The highest BCUT2D eigenvalue weighted by atomic mass is 16.2. The number of carbonyl (C=O) groups excluding carboxylic acids is 1. The summed E-state index contributed by atoms with van der Waals surface area (Å²) in [5, 5.41) is 3.88. The molecule has 1 saturated heterocycles. The van der Waals surface area contributed by atoms with Gasteiger partial charge in [0, 0.05) is 24.3 Å². The van der Waals surface area contributed by atoms with Crippen molar-refractivity contribution in [1.29, 1.82) is 0 Å². The van der Waals surface area contributed by atoms with Crippen LogP contribution in [-0.2, 0) is 0 Å². The van der Waals surface area contributed by atoms with Gasteiger partial charge in [-0.05, 0) is 85.1 Å². The smallest absolute Gasteiger partial charge is 0.253 e. The molecule has 2 aromatic rings. The average molecular weight is 373 g/mol. The lowest BCUT2D eigenvalue weighted by molar-refractivity contribution is 0.0792. The van der Waals surface area contributed by atoms with Gasteiger partial charge in [0.05, 0.1) is 6.04 Å². The van der Waals surface area contributed by atoms with Gasteiger partial charge in [-0.15, -0.1) is 0 Å². The number of fused-ring (bicyclic) bond motifs is 7. The predicted molar refractivity (Wildman–Crippen MR) is 111 cm³/mol. The number of hydrogen-bond acceptors (Lipinski definition) is 2. The van der Waals surface area contributed by atoms with Crippen LogP contribution in [0.4, 0.5) is 5.69 Å². The minimum absolute atomic E-state index is 0.227. The molecule has 4 aliphatic rings. The van der Waals surface area contributed by atoms with Crippen molar-refractivity contribution in [3.05, 3.63) is 65.2 Å². The molecular formula is C25H28N2O. The minimum atomic E-state index is 0.227. The van der Waals surface area contributed by atoms with E-state index in [1.54, 1.807) is 0 Å². The van der Waals surface area contributed by atoms with Crippen LogP contribution in [0.1, 0.15) is 65.5 Å². The number of amides is 1. The summed E-state index contributed by atoms with van der Waals surface area (Å²) in [6.07, 6.45) is 6.39. The second kappa shape index (κ2) is 6.37. The zero-order valence-electron chi connectivity index (χ0n) is 16.3. The van der Waals surface area contributed by atoms with Gasteiger partial charge >= 0.3 is 0 Å². The zero-order valence-corrected chi connectivity index (χ0v) is 16.3. The number of carbonyl (C=O) groups is 1. The number of anilines is 1. The highest BCUT2D eigenvalue weighted by molar-refractivity contribution is 5.95. The summed E-state index contributed by atoms with van der Waals surface area (Å²) in [5.41, 5.74) is 4.96. The summed E-state index contributed by atoms with van der Waals surface area (Å²) in [6.45, 7) is 1.84. The fourth-order valence-corrected chi connectivity index (χ4v) is 6.71. The molecular weight excluding hydrogens is 344 g/mol. The van der Waals surface area contributed by atoms with E-state index < -0.39 is 0 Å². The standard InChI is InChI=1S/C25H28N2O/c28-25(27-12-4-5-13-27)19-10-11-21-20(15-19)22-17-8-9-18(14-17)23(22)24(26-21)16-6-2-1-3-7-16/h1-3,6-7,10-11,15,17-18,22-24,26H,4-5,8-9,12-14H2/t17-,18-,22-,23+,24+/m0/s1. The van der Waals surface area contributed by atoms with Gasteiger partial charge in [0.2, 0.25) is 0 Å². The largest absolute Gasteiger partial charge is 0.378 e. The molecule has 2 bridgehead atoms. The molecule has 3 nitrogen and oxygen atoms in total. The van der Waals surface area contributed by atoms with Gasteiger partial charge in [0.1, 0.15) is 0 Å². The highest BCUT2D eigenvalue weighted by Gasteiger charge is 2.53. The monoisotopic (exact) mass is 372 g/mol. The second-order valence-electron chi connectivity index (χ2n) is 9.27. The first-order valence-corrected chi connectivity index (χ1v) is 11.0. The van der Waals surface area contributed by atoms with Gasteiger partial charge in [0.25, 0.3) is 5.91 Å². The topological polar surface area (TPSA) is 32.3 Å². The van der Waals surface area contributed by atoms with Crippen molar-refractivity contribution in [3.63, 3.8) is 0 Å². The number of likely N-dealkylation sites (tertiary alicyclic amines) is 1. The average Bonchev–Trinajstić information content (AvgIpc) is 3.51. The molecule has 2 aromatic carbocycles. The lowest BCUT2D eigenvalue weighted by atomic mass is 9.68. The molecule has 3 fully saturated rings. The van der Waals surface area contributed by atoms with Crippen LogP contribution >= 0.6 is 0 Å². The maximum Gasteiger partial charge on any atom is 0.253 e. The first-order chi connectivity index (χ1) is 13.8. The van der Waals surface area contributed by atoms with E-state index >= 15 is 0 Å². The Hall–Kier alpha value is -2.29. The molecule has 0 spiro atoms. The van der Waals surface area contributed by atoms with Crippen LogP contribution < -0.4 is 5.32 Å². The second-order valence-corrected chi connectivity index (χ2v) is 9.27. The van der Waals surface area contributed by atoms with Crippen LogP contribution in [-0.4, -0.2) is 23.9 Å². The first kappa shape index (κ1) is 16.6. The number of benzene rings is 2. The van der Waals surface area contributed by atoms with Gasteiger partial charge in [-0.1, -0.05) is 30.3 Å². The number of nitrogens with one attached hydrogen (secondary N) is 1. The highest BCUT2D eigenvalue weighted by Crippen LogP contribution is 2.63. The SMILES string of the molecule is O=C(c1ccc2c(c1)[C@@H]1[C@H]3CC[C@@H](C3)[C@H]1[C@@H](c1ccccc1)N2)N1CCCC1. The lowest BCUT2D eigenvalue weighted by Crippen LogP contribution is -2.36. The fraction of sp³-hybridized carbons (Fsp3) is 0.480. The Morgan fingerprint density at radius 1 is 0.964 bits per heavy atom. The summed E-state index contributed by atoms with van der Waals surface area (Å²) in [5.74, 6) is 3.10. The van der Waals surface area contributed by atoms with Crippen molar-refractivity contribution < 1.29 is 4.79 Å². The Morgan fingerprint density at radius 3 is 2.57 bits per heavy atom. The van der Waals surface area contributed by atoms with Crippen molar-refractivity contribution in [2.45, 2.75) is 44.1 Å². The third-order valence-electron chi connectivity index (χ3n) is 7.89. The summed E-state index contributed by atoms with van der Waals surface area (Å²) in [6, 6.07) is 17.8. The van der Waals surface area contributed by atoms with E-state index in [1.807, 2.05) is 11.0 Å². The minimum Gasteiger partial charge on any atom is -0.378 e. The molecule has 6 rings (SSSR count). The van der Waals surface area contributed by atoms with E-state index in [0.717, 1.165) is 43.3 Å². The summed E-state index contributed by atoms with van der Waals surface area (Å²) < 4.78 is 0. The predicted octanol–water partition coefficient (Wildman–Crippen LogP) is 5.22. The first-order valence-electron chi connectivity index (χ1n) is 11.0. The van der Waals surface area contributed by atoms with E-state index in [4.69, 9.17) is 0 Å². The van der Waals surface area contributed by atoms with E-state index in [9.17, 15) is 4.79 Å². The van der Waals surface area contributed by atoms with Crippen molar-refractivity contribution in [3.8, 4) is 0 Å². The zero-order chi connectivity index (χ0) is 18.7. The molecule has 144 valence electrons. The van der Waals surface area contributed by atoms with Crippen LogP contribution in [0.15, 0.2) is 48.5 Å². The molecule has 2 heterocycles. The quantitative estimate of drug-likeness (QED) is 0.784. The van der Waals surface area contributed by atoms with Crippen LogP contribution in [0.5, 0.6) is 0 Å². The fourth-order valence-electron chi connectivity index (χ4n) is 6.71. The van der Waals surface area contributed by atoms with Gasteiger partial charge in [-0.3, -0.25) is 4.79 Å². The van der Waals surface area contributed by atoms with Crippen LogP contribution in [0.3, 0.4) is 0 Å². The normalized spacial score (nSPS) is 32.7. The van der Waals surface area contributed by atoms with Crippen LogP contribution in [0.25, 0.3) is 0 Å². The maximum absolute atomic E-state index is 13.0. The molecule has 28 heavy (non-hydrogen) atoms. The van der Waals surface area contributed by atoms with E-state index in [-0.39, 0.29) is 5.91 Å². The summed E-state index contributed by atoms with van der Waals surface area (Å²) >= 11 is 0. The summed E-state index contributed by atoms with van der Waals surface area (Å²) in [4.78, 5) is 15.0. The van der Waals surface area contributed by atoms with Crippen molar-refractivity contribution in [2.24, 2.45) is 17.8 Å². The molecule has 0 radical (unpaired) electrons. The van der Waals surface area contributed by atoms with Gasteiger partial charge in [-0.2, -0.15) is 0 Å².